The van der Waals surface area contributed by atoms with E-state index in [0.717, 1.165) is 33.2 Å². The molecular weight excluding hydrogens is 358 g/mol. The molecule has 1 aromatic carbocycles. The molecule has 0 bridgehead atoms. The van der Waals surface area contributed by atoms with E-state index in [2.05, 4.69) is 10.3 Å². The zero-order valence-corrected chi connectivity index (χ0v) is 15.9. The van der Waals surface area contributed by atoms with Crippen molar-refractivity contribution in [1.29, 1.82) is 0 Å². The van der Waals surface area contributed by atoms with Crippen LogP contribution in [0.15, 0.2) is 29.1 Å². The van der Waals surface area contributed by atoms with Crippen molar-refractivity contribution in [3.63, 3.8) is 0 Å². The van der Waals surface area contributed by atoms with Crippen LogP contribution in [0, 0.1) is 13.8 Å². The average molecular weight is 375 g/mol. The van der Waals surface area contributed by atoms with Gasteiger partial charge >= 0.3 is 4.87 Å². The molecule has 25 heavy (non-hydrogen) atoms. The molecule has 0 radical (unpaired) electrons. The van der Waals surface area contributed by atoms with E-state index in [1.54, 1.807) is 21.1 Å². The van der Waals surface area contributed by atoms with Crippen molar-refractivity contribution in [1.82, 2.24) is 9.55 Å². The van der Waals surface area contributed by atoms with Crippen LogP contribution >= 0.6 is 22.7 Å². The molecule has 0 aliphatic rings. The molecule has 130 valence electrons. The zero-order chi connectivity index (χ0) is 18.1. The third kappa shape index (κ3) is 3.35. The number of anilines is 1. The maximum Gasteiger partial charge on any atom is 0.307 e. The van der Waals surface area contributed by atoms with Gasteiger partial charge in [-0.1, -0.05) is 11.3 Å². The van der Waals surface area contributed by atoms with Crippen LogP contribution in [0.1, 0.15) is 20.2 Å². The van der Waals surface area contributed by atoms with Crippen molar-refractivity contribution >= 4 is 33.7 Å². The number of benzene rings is 1. The molecule has 8 heteroatoms. The van der Waals surface area contributed by atoms with Crippen LogP contribution in [0.25, 0.3) is 11.3 Å². The Bertz CT molecular complexity index is 984. The fraction of sp³-hybridized carbons (Fsp3) is 0.235. The number of rotatable bonds is 4. The summed E-state index contributed by atoms with van der Waals surface area (Å²) in [5, 5.41) is 3.31. The van der Waals surface area contributed by atoms with Gasteiger partial charge in [0.1, 0.15) is 10.6 Å². The van der Waals surface area contributed by atoms with Gasteiger partial charge in [-0.15, -0.1) is 11.3 Å². The number of aromatic nitrogens is 2. The number of carbonyl (C=O) groups is 1. The van der Waals surface area contributed by atoms with Crippen LogP contribution in [0.2, 0.25) is 0 Å². The van der Waals surface area contributed by atoms with Crippen LogP contribution in [-0.2, 0) is 7.05 Å². The molecule has 3 aromatic rings. The molecule has 0 aliphatic carbocycles. The predicted octanol–water partition coefficient (Wildman–Crippen LogP) is 3.45. The number of hydrogen-bond acceptors (Lipinski definition) is 6. The van der Waals surface area contributed by atoms with E-state index in [1.807, 2.05) is 31.2 Å². The summed E-state index contributed by atoms with van der Waals surface area (Å²) in [6.45, 7) is 3.71. The van der Waals surface area contributed by atoms with Gasteiger partial charge in [0.25, 0.3) is 5.91 Å². The normalized spacial score (nSPS) is 10.7. The van der Waals surface area contributed by atoms with Gasteiger partial charge in [-0.25, -0.2) is 4.98 Å². The molecule has 2 heterocycles. The summed E-state index contributed by atoms with van der Waals surface area (Å²) in [5.41, 5.74) is 2.42. The first-order valence-corrected chi connectivity index (χ1v) is 9.13. The van der Waals surface area contributed by atoms with E-state index in [9.17, 15) is 9.59 Å². The maximum atomic E-state index is 12.4. The van der Waals surface area contributed by atoms with Gasteiger partial charge in [-0.2, -0.15) is 0 Å². The maximum absolute atomic E-state index is 12.4. The van der Waals surface area contributed by atoms with Gasteiger partial charge in [-0.3, -0.25) is 14.9 Å². The second-order valence-electron chi connectivity index (χ2n) is 5.45. The van der Waals surface area contributed by atoms with Crippen molar-refractivity contribution < 1.29 is 9.53 Å². The van der Waals surface area contributed by atoms with Gasteiger partial charge < -0.3 is 9.30 Å². The van der Waals surface area contributed by atoms with Gasteiger partial charge in [0.2, 0.25) is 0 Å². The first-order valence-electron chi connectivity index (χ1n) is 7.50. The molecule has 2 aromatic heterocycles. The minimum Gasteiger partial charge on any atom is -0.497 e. The van der Waals surface area contributed by atoms with E-state index < -0.39 is 0 Å². The van der Waals surface area contributed by atoms with Crippen LogP contribution < -0.4 is 14.9 Å². The van der Waals surface area contributed by atoms with E-state index in [4.69, 9.17) is 4.74 Å². The first-order chi connectivity index (χ1) is 11.9. The molecule has 0 aliphatic heterocycles. The number of ether oxygens (including phenoxy) is 1. The zero-order valence-electron chi connectivity index (χ0n) is 14.2. The Balaban J connectivity index is 1.85. The van der Waals surface area contributed by atoms with Crippen molar-refractivity contribution in [2.75, 3.05) is 12.4 Å². The summed E-state index contributed by atoms with van der Waals surface area (Å²) in [4.78, 5) is 29.9. The standard InChI is InChI=1S/C17H17N3O3S2/c1-9-14(25-17(22)20(9)3)15(21)19-16-18-13(10(2)24-16)11-5-7-12(23-4)8-6-11/h5-8H,1-4H3,(H,18,19,21). The molecule has 6 nitrogen and oxygen atoms in total. The van der Waals surface area contributed by atoms with Crippen molar-refractivity contribution in [2.45, 2.75) is 13.8 Å². The van der Waals surface area contributed by atoms with Crippen molar-refractivity contribution in [2.24, 2.45) is 7.05 Å². The van der Waals surface area contributed by atoms with E-state index in [-0.39, 0.29) is 10.8 Å². The Hall–Kier alpha value is -2.45. The lowest BCUT2D eigenvalue weighted by molar-refractivity contribution is 0.102. The van der Waals surface area contributed by atoms with E-state index in [1.165, 1.54) is 15.9 Å². The second kappa shape index (κ2) is 6.81. The third-order valence-corrected chi connectivity index (χ3v) is 5.90. The Morgan fingerprint density at radius 3 is 2.44 bits per heavy atom. The Morgan fingerprint density at radius 2 is 1.88 bits per heavy atom. The first kappa shape index (κ1) is 17.4. The number of thiazole rings is 2. The van der Waals surface area contributed by atoms with Crippen LogP contribution in [0.3, 0.4) is 0 Å². The summed E-state index contributed by atoms with van der Waals surface area (Å²) >= 11 is 2.34. The monoisotopic (exact) mass is 375 g/mol. The fourth-order valence-electron chi connectivity index (χ4n) is 2.35. The number of aryl methyl sites for hydroxylation is 1. The van der Waals surface area contributed by atoms with Crippen molar-refractivity contribution in [3.05, 3.63) is 49.4 Å². The minimum atomic E-state index is -0.310. The number of carbonyl (C=O) groups excluding carboxylic acids is 1. The lowest BCUT2D eigenvalue weighted by atomic mass is 10.1. The molecular formula is C17H17N3O3S2. The largest absolute Gasteiger partial charge is 0.497 e. The highest BCUT2D eigenvalue weighted by Gasteiger charge is 2.18. The highest BCUT2D eigenvalue weighted by Crippen LogP contribution is 2.31. The SMILES string of the molecule is COc1ccc(-c2nc(NC(=O)c3sc(=O)n(C)c3C)sc2C)cc1. The average Bonchev–Trinajstić information content (AvgIpc) is 3.09. The number of methoxy groups -OCH3 is 1. The highest BCUT2D eigenvalue weighted by atomic mass is 32.1. The van der Waals surface area contributed by atoms with Crippen LogP contribution in [0.5, 0.6) is 5.75 Å². The fourth-order valence-corrected chi connectivity index (χ4v) is 4.06. The molecule has 0 unspecified atom stereocenters. The quantitative estimate of drug-likeness (QED) is 0.758. The van der Waals surface area contributed by atoms with Gasteiger partial charge in [0.15, 0.2) is 5.13 Å². The smallest absolute Gasteiger partial charge is 0.307 e. The summed E-state index contributed by atoms with van der Waals surface area (Å²) in [6.07, 6.45) is 0. The van der Waals surface area contributed by atoms with Crippen molar-refractivity contribution in [3.8, 4) is 17.0 Å². The van der Waals surface area contributed by atoms with Gasteiger partial charge in [0, 0.05) is 23.2 Å². The molecule has 0 spiro atoms. The minimum absolute atomic E-state index is 0.156. The van der Waals surface area contributed by atoms with Gasteiger partial charge in [-0.05, 0) is 38.1 Å². The summed E-state index contributed by atoms with van der Waals surface area (Å²) in [7, 11) is 3.27. The molecule has 1 amide bonds. The molecule has 0 fully saturated rings. The molecule has 1 N–H and O–H groups in total. The number of hydrogen-bond donors (Lipinski definition) is 1. The number of nitrogens with one attached hydrogen (secondary N) is 1. The molecule has 0 saturated heterocycles. The Morgan fingerprint density at radius 1 is 1.20 bits per heavy atom. The predicted molar refractivity (Wildman–Crippen MR) is 101 cm³/mol. The Labute approximate surface area is 152 Å². The van der Waals surface area contributed by atoms with Gasteiger partial charge in [0.05, 0.1) is 12.8 Å². The van der Waals surface area contributed by atoms with E-state index >= 15 is 0 Å². The van der Waals surface area contributed by atoms with Crippen LogP contribution in [0.4, 0.5) is 5.13 Å². The number of nitrogens with zero attached hydrogens (tertiary/aromatic N) is 2. The summed E-state index contributed by atoms with van der Waals surface area (Å²) < 4.78 is 6.63. The number of amides is 1. The Kier molecular flexibility index (Phi) is 4.73. The summed E-state index contributed by atoms with van der Waals surface area (Å²) in [6, 6.07) is 7.60. The third-order valence-electron chi connectivity index (χ3n) is 3.88. The molecule has 3 rings (SSSR count). The lowest BCUT2D eigenvalue weighted by Crippen LogP contribution is -2.12. The second-order valence-corrected chi connectivity index (χ2v) is 7.61. The topological polar surface area (TPSA) is 73.2 Å². The molecule has 0 saturated carbocycles. The molecule has 0 atom stereocenters. The summed E-state index contributed by atoms with van der Waals surface area (Å²) in [5.74, 6) is 0.467. The lowest BCUT2D eigenvalue weighted by Gasteiger charge is -2.02. The van der Waals surface area contributed by atoms with E-state index in [0.29, 0.717) is 15.7 Å². The van der Waals surface area contributed by atoms with Crippen LogP contribution in [-0.4, -0.2) is 22.6 Å². The highest BCUT2D eigenvalue weighted by molar-refractivity contribution is 7.16.